The van der Waals surface area contributed by atoms with Crippen molar-refractivity contribution in [1.82, 2.24) is 0 Å². The van der Waals surface area contributed by atoms with Crippen LogP contribution in [0, 0.1) is 5.92 Å². The molecule has 3 nitrogen and oxygen atoms in total. The third kappa shape index (κ3) is 3.25. The summed E-state index contributed by atoms with van der Waals surface area (Å²) in [7, 11) is 0. The highest BCUT2D eigenvalue weighted by Crippen LogP contribution is 2.26. The molecule has 1 fully saturated rings. The summed E-state index contributed by atoms with van der Waals surface area (Å²) < 4.78 is 10.9. The Morgan fingerprint density at radius 3 is 2.46 bits per heavy atom. The van der Waals surface area contributed by atoms with Gasteiger partial charge in [0.25, 0.3) is 0 Å². The van der Waals surface area contributed by atoms with Crippen LogP contribution in [-0.4, -0.2) is 29.7 Å². The van der Waals surface area contributed by atoms with Gasteiger partial charge in [0.1, 0.15) is 6.10 Å². The predicted molar refractivity (Wildman–Crippen MR) is 50.4 cm³/mol. The molecule has 1 aliphatic rings. The Labute approximate surface area is 80.0 Å². The SMILES string of the molecule is CC(C)CC(O)C1COC(C)(C)O1. The molecule has 3 heteroatoms. The largest absolute Gasteiger partial charge is 0.390 e. The second-order valence-electron chi connectivity index (χ2n) is 4.56. The Morgan fingerprint density at radius 2 is 2.08 bits per heavy atom. The van der Waals surface area contributed by atoms with Crippen LogP contribution in [0.1, 0.15) is 34.1 Å². The van der Waals surface area contributed by atoms with Gasteiger partial charge in [0, 0.05) is 0 Å². The summed E-state index contributed by atoms with van der Waals surface area (Å²) in [6.45, 7) is 8.42. The van der Waals surface area contributed by atoms with Crippen molar-refractivity contribution in [2.24, 2.45) is 5.92 Å². The molecule has 1 heterocycles. The molecule has 2 unspecified atom stereocenters. The summed E-state index contributed by atoms with van der Waals surface area (Å²) in [5.41, 5.74) is 0. The molecule has 1 N–H and O–H groups in total. The van der Waals surface area contributed by atoms with Crippen molar-refractivity contribution in [2.75, 3.05) is 6.61 Å². The summed E-state index contributed by atoms with van der Waals surface area (Å²) in [5, 5.41) is 9.75. The quantitative estimate of drug-likeness (QED) is 0.730. The Morgan fingerprint density at radius 1 is 1.46 bits per heavy atom. The summed E-state index contributed by atoms with van der Waals surface area (Å²) in [6.07, 6.45) is 0.212. The molecule has 0 bridgehead atoms. The number of ether oxygens (including phenoxy) is 2. The molecule has 0 saturated carbocycles. The Hall–Kier alpha value is -0.120. The van der Waals surface area contributed by atoms with Crippen LogP contribution in [0.3, 0.4) is 0 Å². The van der Waals surface area contributed by atoms with Gasteiger partial charge in [-0.15, -0.1) is 0 Å². The van der Waals surface area contributed by atoms with Crippen LogP contribution in [0.2, 0.25) is 0 Å². The molecule has 0 amide bonds. The van der Waals surface area contributed by atoms with Gasteiger partial charge in [0.2, 0.25) is 0 Å². The van der Waals surface area contributed by atoms with Gasteiger partial charge >= 0.3 is 0 Å². The second-order valence-corrected chi connectivity index (χ2v) is 4.56. The maximum atomic E-state index is 9.75. The standard InChI is InChI=1S/C10H20O3/c1-7(2)5-8(11)9-6-12-10(3,4)13-9/h7-9,11H,5-6H2,1-4H3. The van der Waals surface area contributed by atoms with Crippen LogP contribution in [0.25, 0.3) is 0 Å². The number of aliphatic hydroxyl groups excluding tert-OH is 1. The minimum absolute atomic E-state index is 0.155. The Bertz CT molecular complexity index is 166. The van der Waals surface area contributed by atoms with Gasteiger partial charge < -0.3 is 14.6 Å². The summed E-state index contributed by atoms with van der Waals surface area (Å²) in [4.78, 5) is 0. The number of hydrogen-bond acceptors (Lipinski definition) is 3. The van der Waals surface area contributed by atoms with E-state index in [0.29, 0.717) is 12.5 Å². The van der Waals surface area contributed by atoms with E-state index in [1.54, 1.807) is 0 Å². The lowest BCUT2D eigenvalue weighted by molar-refractivity contribution is -0.152. The number of hydrogen-bond donors (Lipinski definition) is 1. The number of aliphatic hydroxyl groups is 1. The molecule has 1 saturated heterocycles. The van der Waals surface area contributed by atoms with E-state index >= 15 is 0 Å². The molecular formula is C10H20O3. The van der Waals surface area contributed by atoms with Crippen LogP contribution in [-0.2, 0) is 9.47 Å². The predicted octanol–water partition coefficient (Wildman–Crippen LogP) is 1.54. The maximum absolute atomic E-state index is 9.75. The maximum Gasteiger partial charge on any atom is 0.163 e. The van der Waals surface area contributed by atoms with E-state index in [4.69, 9.17) is 9.47 Å². The summed E-state index contributed by atoms with van der Waals surface area (Å²) in [5.74, 6) is -0.0369. The lowest BCUT2D eigenvalue weighted by atomic mass is 10.0. The van der Waals surface area contributed by atoms with Gasteiger partial charge in [0.05, 0.1) is 12.7 Å². The molecule has 13 heavy (non-hydrogen) atoms. The van der Waals surface area contributed by atoms with Crippen LogP contribution >= 0.6 is 0 Å². The molecule has 1 rings (SSSR count). The zero-order valence-electron chi connectivity index (χ0n) is 8.91. The molecule has 0 aromatic rings. The van der Waals surface area contributed by atoms with Gasteiger partial charge in [-0.3, -0.25) is 0 Å². The fourth-order valence-electron chi connectivity index (χ4n) is 1.54. The first kappa shape index (κ1) is 11.0. The normalized spacial score (nSPS) is 29.5. The van der Waals surface area contributed by atoms with E-state index in [1.807, 2.05) is 13.8 Å². The van der Waals surface area contributed by atoms with E-state index in [2.05, 4.69) is 13.8 Å². The lowest BCUT2D eigenvalue weighted by Gasteiger charge is -2.21. The van der Waals surface area contributed by atoms with Crippen molar-refractivity contribution in [3.8, 4) is 0 Å². The van der Waals surface area contributed by atoms with Crippen molar-refractivity contribution >= 4 is 0 Å². The van der Waals surface area contributed by atoms with Crippen LogP contribution < -0.4 is 0 Å². The average Bonchev–Trinajstić information content (AvgIpc) is 2.28. The molecule has 0 radical (unpaired) electrons. The third-order valence-electron chi connectivity index (χ3n) is 2.17. The minimum atomic E-state index is -0.525. The highest BCUT2D eigenvalue weighted by molar-refractivity contribution is 4.77. The summed E-state index contributed by atoms with van der Waals surface area (Å²) >= 11 is 0. The highest BCUT2D eigenvalue weighted by atomic mass is 16.7. The molecule has 1 aliphatic heterocycles. The average molecular weight is 188 g/mol. The Kier molecular flexibility index (Phi) is 3.33. The molecule has 2 atom stereocenters. The van der Waals surface area contributed by atoms with Crippen molar-refractivity contribution in [1.29, 1.82) is 0 Å². The topological polar surface area (TPSA) is 38.7 Å². The first-order valence-electron chi connectivity index (χ1n) is 4.90. The molecule has 0 aliphatic carbocycles. The smallest absolute Gasteiger partial charge is 0.163 e. The van der Waals surface area contributed by atoms with Crippen molar-refractivity contribution < 1.29 is 14.6 Å². The highest BCUT2D eigenvalue weighted by Gasteiger charge is 2.36. The lowest BCUT2D eigenvalue weighted by Crippen LogP contribution is -2.31. The molecule has 78 valence electrons. The fourth-order valence-corrected chi connectivity index (χ4v) is 1.54. The van der Waals surface area contributed by atoms with Crippen molar-refractivity contribution in [3.05, 3.63) is 0 Å². The zero-order chi connectivity index (χ0) is 10.1. The second kappa shape index (κ2) is 3.95. The van der Waals surface area contributed by atoms with E-state index < -0.39 is 11.9 Å². The van der Waals surface area contributed by atoms with E-state index in [1.165, 1.54) is 0 Å². The van der Waals surface area contributed by atoms with E-state index in [-0.39, 0.29) is 6.10 Å². The fraction of sp³-hybridized carbons (Fsp3) is 1.00. The van der Waals surface area contributed by atoms with Gasteiger partial charge in [0.15, 0.2) is 5.79 Å². The molecule has 0 aromatic carbocycles. The molecule has 0 spiro atoms. The summed E-state index contributed by atoms with van der Waals surface area (Å²) in [6, 6.07) is 0. The van der Waals surface area contributed by atoms with Gasteiger partial charge in [-0.05, 0) is 26.2 Å². The van der Waals surface area contributed by atoms with Crippen LogP contribution in [0.15, 0.2) is 0 Å². The zero-order valence-corrected chi connectivity index (χ0v) is 8.91. The van der Waals surface area contributed by atoms with E-state index in [0.717, 1.165) is 6.42 Å². The first-order chi connectivity index (χ1) is 5.91. The van der Waals surface area contributed by atoms with Crippen LogP contribution in [0.4, 0.5) is 0 Å². The van der Waals surface area contributed by atoms with Crippen LogP contribution in [0.5, 0.6) is 0 Å². The van der Waals surface area contributed by atoms with Gasteiger partial charge in [-0.2, -0.15) is 0 Å². The van der Waals surface area contributed by atoms with Gasteiger partial charge in [-0.1, -0.05) is 13.8 Å². The van der Waals surface area contributed by atoms with Crippen molar-refractivity contribution in [2.45, 2.75) is 52.1 Å². The van der Waals surface area contributed by atoms with Crippen molar-refractivity contribution in [3.63, 3.8) is 0 Å². The van der Waals surface area contributed by atoms with E-state index in [9.17, 15) is 5.11 Å². The molecular weight excluding hydrogens is 168 g/mol. The number of rotatable bonds is 3. The van der Waals surface area contributed by atoms with Gasteiger partial charge in [-0.25, -0.2) is 0 Å². The molecule has 0 aromatic heterocycles. The Balaban J connectivity index is 2.37. The third-order valence-corrected chi connectivity index (χ3v) is 2.17. The minimum Gasteiger partial charge on any atom is -0.390 e. The monoisotopic (exact) mass is 188 g/mol. The first-order valence-corrected chi connectivity index (χ1v) is 4.90.